The third kappa shape index (κ3) is 1.09. The van der Waals surface area contributed by atoms with Crippen molar-refractivity contribution in [3.8, 4) is 6.07 Å². The summed E-state index contributed by atoms with van der Waals surface area (Å²) in [6, 6.07) is 9.85. The largest absolute Gasteiger partial charge is 0.313 e. The smallest absolute Gasteiger partial charge is 0.0991 e. The lowest BCUT2D eigenvalue weighted by Gasteiger charge is -1.95. The minimum atomic E-state index is 0.686. The maximum absolute atomic E-state index is 8.80. The van der Waals surface area contributed by atoms with Gasteiger partial charge in [0.15, 0.2) is 0 Å². The number of nitriles is 1. The first-order valence-electron chi connectivity index (χ1n) is 4.63. The molecule has 70 valence electrons. The summed E-state index contributed by atoms with van der Waals surface area (Å²) in [4.78, 5) is 4.06. The molecule has 2 heterocycles. The maximum Gasteiger partial charge on any atom is 0.0991 e. The summed E-state index contributed by atoms with van der Waals surface area (Å²) in [6.45, 7) is 0. The van der Waals surface area contributed by atoms with Crippen molar-refractivity contribution in [3.05, 3.63) is 48.4 Å². The molecule has 0 fully saturated rings. The number of hydrogen-bond donors (Lipinski definition) is 0. The first-order valence-corrected chi connectivity index (χ1v) is 4.63. The Labute approximate surface area is 86.2 Å². The normalized spacial score (nSPS) is 10.6. The van der Waals surface area contributed by atoms with Gasteiger partial charge in [0.2, 0.25) is 0 Å². The SMILES string of the molecule is N#Cc1ccc2c(c1)cc1cnccn12. The van der Waals surface area contributed by atoms with Crippen molar-refractivity contribution in [2.45, 2.75) is 0 Å². The molecule has 3 rings (SSSR count). The highest BCUT2D eigenvalue weighted by Gasteiger charge is 2.02. The van der Waals surface area contributed by atoms with Gasteiger partial charge in [0.1, 0.15) is 0 Å². The fourth-order valence-corrected chi connectivity index (χ4v) is 1.82. The van der Waals surface area contributed by atoms with E-state index in [1.165, 1.54) is 0 Å². The fraction of sp³-hybridized carbons (Fsp3) is 0. The molecule has 0 unspecified atom stereocenters. The van der Waals surface area contributed by atoms with Crippen molar-refractivity contribution in [1.29, 1.82) is 5.26 Å². The molecule has 0 atom stereocenters. The van der Waals surface area contributed by atoms with E-state index >= 15 is 0 Å². The highest BCUT2D eigenvalue weighted by Crippen LogP contribution is 2.20. The second-order valence-corrected chi connectivity index (χ2v) is 3.40. The zero-order valence-electron chi connectivity index (χ0n) is 7.88. The summed E-state index contributed by atoms with van der Waals surface area (Å²) < 4.78 is 2.06. The predicted octanol–water partition coefficient (Wildman–Crippen LogP) is 2.36. The quantitative estimate of drug-likeness (QED) is 0.550. The van der Waals surface area contributed by atoms with Crippen LogP contribution in [-0.2, 0) is 0 Å². The summed E-state index contributed by atoms with van der Waals surface area (Å²) in [7, 11) is 0. The number of fused-ring (bicyclic) bond motifs is 3. The molecule has 3 aromatic rings. The summed E-state index contributed by atoms with van der Waals surface area (Å²) in [5, 5.41) is 9.87. The van der Waals surface area contributed by atoms with Crippen molar-refractivity contribution in [1.82, 2.24) is 9.38 Å². The van der Waals surface area contributed by atoms with Crippen molar-refractivity contribution in [2.24, 2.45) is 0 Å². The van der Waals surface area contributed by atoms with E-state index in [0.717, 1.165) is 16.4 Å². The van der Waals surface area contributed by atoms with Gasteiger partial charge < -0.3 is 4.40 Å². The van der Waals surface area contributed by atoms with E-state index < -0.39 is 0 Å². The third-order valence-corrected chi connectivity index (χ3v) is 2.51. The van der Waals surface area contributed by atoms with Gasteiger partial charge in [-0.05, 0) is 24.3 Å². The average Bonchev–Trinajstić information content (AvgIpc) is 2.66. The van der Waals surface area contributed by atoms with Gasteiger partial charge in [0.05, 0.1) is 28.9 Å². The van der Waals surface area contributed by atoms with Gasteiger partial charge in [-0.15, -0.1) is 0 Å². The Balaban J connectivity index is 2.50. The molecule has 0 bridgehead atoms. The van der Waals surface area contributed by atoms with E-state index in [9.17, 15) is 0 Å². The molecule has 0 aliphatic rings. The Morgan fingerprint density at radius 1 is 1.27 bits per heavy atom. The first-order chi connectivity index (χ1) is 7.38. The Morgan fingerprint density at radius 3 is 3.07 bits per heavy atom. The van der Waals surface area contributed by atoms with Crippen LogP contribution in [0.15, 0.2) is 42.9 Å². The molecule has 3 nitrogen and oxygen atoms in total. The number of benzene rings is 1. The van der Waals surface area contributed by atoms with E-state index in [0.29, 0.717) is 5.56 Å². The molecular formula is C12H7N3. The Hall–Kier alpha value is -2.34. The predicted molar refractivity (Wildman–Crippen MR) is 57.4 cm³/mol. The highest BCUT2D eigenvalue weighted by molar-refractivity contribution is 5.87. The van der Waals surface area contributed by atoms with E-state index in [1.54, 1.807) is 6.20 Å². The number of aromatic nitrogens is 2. The molecule has 2 aromatic heterocycles. The Bertz CT molecular complexity index is 689. The standard InChI is InChI=1S/C12H7N3/c13-7-9-1-2-12-10(5-9)6-11-8-14-3-4-15(11)12/h1-6,8H. The molecule has 1 aromatic carbocycles. The van der Waals surface area contributed by atoms with Crippen LogP contribution in [0.5, 0.6) is 0 Å². The molecule has 0 radical (unpaired) electrons. The van der Waals surface area contributed by atoms with Crippen LogP contribution in [-0.4, -0.2) is 9.38 Å². The summed E-state index contributed by atoms with van der Waals surface area (Å²) >= 11 is 0. The van der Waals surface area contributed by atoms with Crippen LogP contribution in [0.2, 0.25) is 0 Å². The monoisotopic (exact) mass is 193 g/mol. The molecule has 0 saturated heterocycles. The van der Waals surface area contributed by atoms with Crippen molar-refractivity contribution in [3.63, 3.8) is 0 Å². The molecule has 15 heavy (non-hydrogen) atoms. The van der Waals surface area contributed by atoms with E-state index in [-0.39, 0.29) is 0 Å². The molecule has 0 aliphatic heterocycles. The lowest BCUT2D eigenvalue weighted by atomic mass is 10.2. The van der Waals surface area contributed by atoms with Crippen LogP contribution in [0.3, 0.4) is 0 Å². The van der Waals surface area contributed by atoms with Gasteiger partial charge in [-0.3, -0.25) is 4.98 Å². The van der Waals surface area contributed by atoms with Crippen LogP contribution < -0.4 is 0 Å². The van der Waals surface area contributed by atoms with E-state index in [1.807, 2.05) is 36.7 Å². The van der Waals surface area contributed by atoms with Gasteiger partial charge in [0, 0.05) is 17.8 Å². The number of rotatable bonds is 0. The molecule has 0 saturated carbocycles. The Morgan fingerprint density at radius 2 is 2.20 bits per heavy atom. The average molecular weight is 193 g/mol. The Kier molecular flexibility index (Phi) is 1.51. The highest BCUT2D eigenvalue weighted by atomic mass is 14.9. The van der Waals surface area contributed by atoms with Gasteiger partial charge >= 0.3 is 0 Å². The van der Waals surface area contributed by atoms with Crippen LogP contribution >= 0.6 is 0 Å². The van der Waals surface area contributed by atoms with Crippen LogP contribution in [0.1, 0.15) is 5.56 Å². The molecule has 0 amide bonds. The van der Waals surface area contributed by atoms with Crippen molar-refractivity contribution < 1.29 is 0 Å². The van der Waals surface area contributed by atoms with Crippen LogP contribution in [0.4, 0.5) is 0 Å². The molecule has 0 aliphatic carbocycles. The van der Waals surface area contributed by atoms with Crippen LogP contribution in [0.25, 0.3) is 16.4 Å². The first kappa shape index (κ1) is 8.01. The second kappa shape index (κ2) is 2.82. The zero-order valence-corrected chi connectivity index (χ0v) is 7.88. The second-order valence-electron chi connectivity index (χ2n) is 3.40. The zero-order chi connectivity index (χ0) is 10.3. The lowest BCUT2D eigenvalue weighted by Crippen LogP contribution is -1.83. The van der Waals surface area contributed by atoms with Gasteiger partial charge in [-0.25, -0.2) is 0 Å². The molecular weight excluding hydrogens is 186 g/mol. The fourth-order valence-electron chi connectivity index (χ4n) is 1.82. The maximum atomic E-state index is 8.80. The minimum absolute atomic E-state index is 0.686. The van der Waals surface area contributed by atoms with E-state index in [4.69, 9.17) is 5.26 Å². The van der Waals surface area contributed by atoms with Gasteiger partial charge in [0.25, 0.3) is 0 Å². The summed E-state index contributed by atoms with van der Waals surface area (Å²) in [6.07, 6.45) is 5.49. The molecule has 3 heteroatoms. The number of nitrogens with zero attached hydrogens (tertiary/aromatic N) is 3. The van der Waals surface area contributed by atoms with Crippen LogP contribution in [0, 0.1) is 11.3 Å². The molecule has 0 N–H and O–H groups in total. The van der Waals surface area contributed by atoms with Gasteiger partial charge in [-0.2, -0.15) is 5.26 Å². The third-order valence-electron chi connectivity index (χ3n) is 2.51. The van der Waals surface area contributed by atoms with E-state index in [2.05, 4.69) is 15.5 Å². The number of hydrogen-bond acceptors (Lipinski definition) is 2. The lowest BCUT2D eigenvalue weighted by molar-refractivity contribution is 1.18. The van der Waals surface area contributed by atoms with Crippen molar-refractivity contribution >= 4 is 16.4 Å². The minimum Gasteiger partial charge on any atom is -0.313 e. The van der Waals surface area contributed by atoms with Crippen molar-refractivity contribution in [2.75, 3.05) is 0 Å². The molecule has 0 spiro atoms. The topological polar surface area (TPSA) is 41.1 Å². The van der Waals surface area contributed by atoms with Gasteiger partial charge in [-0.1, -0.05) is 0 Å². The summed E-state index contributed by atoms with van der Waals surface area (Å²) in [5.74, 6) is 0. The summed E-state index contributed by atoms with van der Waals surface area (Å²) in [5.41, 5.74) is 2.83.